The number of hydrogen-bond acceptors (Lipinski definition) is 2. The molecule has 0 saturated carbocycles. The van der Waals surface area contributed by atoms with E-state index in [0.29, 0.717) is 5.56 Å². The summed E-state index contributed by atoms with van der Waals surface area (Å²) in [5.74, 6) is -0.919. The van der Waals surface area contributed by atoms with Gasteiger partial charge in [-0.05, 0) is 56.2 Å². The Kier molecular flexibility index (Phi) is 6.22. The smallest absolute Gasteiger partial charge is 0.336 e. The number of aromatic carboxylic acids is 1. The van der Waals surface area contributed by atoms with Crippen molar-refractivity contribution in [1.29, 1.82) is 0 Å². The Morgan fingerprint density at radius 2 is 1.47 bits per heavy atom. The highest BCUT2D eigenvalue weighted by Crippen LogP contribution is 2.40. The van der Waals surface area contributed by atoms with Gasteiger partial charge in [-0.15, -0.1) is 0 Å². The molecule has 1 aliphatic rings. The topological polar surface area (TPSA) is 43.5 Å². The van der Waals surface area contributed by atoms with E-state index in [-0.39, 0.29) is 0 Å². The Morgan fingerprint density at radius 1 is 0.844 bits per heavy atom. The Labute approximate surface area is 189 Å². The molecule has 32 heavy (non-hydrogen) atoms. The fourth-order valence-electron chi connectivity index (χ4n) is 4.48. The minimum absolute atomic E-state index is 0.309. The monoisotopic (exact) mass is 425 g/mol. The summed E-state index contributed by atoms with van der Waals surface area (Å²) in [5.41, 5.74) is 7.48. The lowest BCUT2D eigenvalue weighted by atomic mass is 9.88. The molecule has 0 saturated heterocycles. The van der Waals surface area contributed by atoms with E-state index in [2.05, 4.69) is 72.9 Å². The summed E-state index contributed by atoms with van der Waals surface area (Å²) in [6.07, 6.45) is 2.15. The number of fused-ring (bicyclic) bond motifs is 1. The maximum Gasteiger partial charge on any atom is 0.336 e. The summed E-state index contributed by atoms with van der Waals surface area (Å²) in [6.45, 7) is 9.15. The summed E-state index contributed by atoms with van der Waals surface area (Å²) in [6, 6.07) is 24.1. The van der Waals surface area contributed by atoms with Crippen molar-refractivity contribution in [2.24, 2.45) is 0 Å². The highest BCUT2D eigenvalue weighted by molar-refractivity contribution is 6.24. The third-order valence-electron chi connectivity index (χ3n) is 6.11. The molecule has 0 fully saturated rings. The Balaban J connectivity index is 2.00. The van der Waals surface area contributed by atoms with Crippen molar-refractivity contribution < 1.29 is 14.5 Å². The van der Waals surface area contributed by atoms with Crippen molar-refractivity contribution in [3.8, 4) is 0 Å². The lowest BCUT2D eigenvalue weighted by Gasteiger charge is -2.21. The molecule has 0 bridgehead atoms. The van der Waals surface area contributed by atoms with Gasteiger partial charge in [0, 0.05) is 30.4 Å². The number of hydrogen-bond donors (Lipinski definition) is 1. The number of carboxylic acids is 1. The second-order valence-corrected chi connectivity index (χ2v) is 7.79. The molecule has 3 aromatic rings. The Morgan fingerprint density at radius 3 is 2.09 bits per heavy atom. The number of anilines is 1. The lowest BCUT2D eigenvalue weighted by molar-refractivity contribution is -0.427. The van der Waals surface area contributed by atoms with Crippen LogP contribution in [0.3, 0.4) is 0 Å². The van der Waals surface area contributed by atoms with Gasteiger partial charge in [-0.2, -0.15) is 4.58 Å². The van der Waals surface area contributed by atoms with Gasteiger partial charge in [0.1, 0.15) is 6.54 Å². The first-order valence-corrected chi connectivity index (χ1v) is 11.2. The van der Waals surface area contributed by atoms with Crippen LogP contribution in [0.25, 0.3) is 11.1 Å². The van der Waals surface area contributed by atoms with Crippen molar-refractivity contribution in [2.75, 3.05) is 24.5 Å². The first-order chi connectivity index (χ1) is 15.6. The van der Waals surface area contributed by atoms with E-state index in [1.165, 1.54) is 5.69 Å². The number of allylic oxidation sites excluding steroid dienone is 1. The second-order valence-electron chi connectivity index (χ2n) is 7.79. The van der Waals surface area contributed by atoms with Gasteiger partial charge in [0.15, 0.2) is 6.21 Å². The van der Waals surface area contributed by atoms with Gasteiger partial charge in [0.2, 0.25) is 5.69 Å². The molecule has 1 N–H and O–H groups in total. The minimum atomic E-state index is -0.919. The first-order valence-electron chi connectivity index (χ1n) is 11.2. The van der Waals surface area contributed by atoms with Crippen LogP contribution in [0.4, 0.5) is 11.4 Å². The number of para-hydroxylation sites is 1. The average molecular weight is 426 g/mol. The van der Waals surface area contributed by atoms with Gasteiger partial charge in [0.05, 0.1) is 16.7 Å². The van der Waals surface area contributed by atoms with Crippen LogP contribution >= 0.6 is 0 Å². The molecule has 4 rings (SSSR count). The van der Waals surface area contributed by atoms with E-state index < -0.39 is 5.97 Å². The molecule has 4 nitrogen and oxygen atoms in total. The SMILES string of the molecule is CCN(CC)c1ccc(/C(=C2\C=[N+](CC)c3ccccc32)c2ccccc2C(=O)O)cc1. The molecule has 4 heteroatoms. The number of nitrogens with zero attached hydrogens (tertiary/aromatic N) is 2. The first kappa shape index (κ1) is 21.6. The van der Waals surface area contributed by atoms with E-state index in [0.717, 1.165) is 53.2 Å². The predicted molar refractivity (Wildman–Crippen MR) is 132 cm³/mol. The molecule has 3 aromatic carbocycles. The van der Waals surface area contributed by atoms with Gasteiger partial charge in [-0.25, -0.2) is 4.79 Å². The summed E-state index contributed by atoms with van der Waals surface area (Å²) < 4.78 is 2.22. The molecule has 0 unspecified atom stereocenters. The van der Waals surface area contributed by atoms with E-state index in [4.69, 9.17) is 0 Å². The van der Waals surface area contributed by atoms with Crippen LogP contribution in [0.15, 0.2) is 72.8 Å². The van der Waals surface area contributed by atoms with E-state index in [1.807, 2.05) is 24.3 Å². The normalized spacial score (nSPS) is 14.0. The summed E-state index contributed by atoms with van der Waals surface area (Å²) in [7, 11) is 0. The van der Waals surface area contributed by atoms with Gasteiger partial charge in [-0.1, -0.05) is 42.5 Å². The zero-order valence-electron chi connectivity index (χ0n) is 18.9. The van der Waals surface area contributed by atoms with Crippen molar-refractivity contribution >= 4 is 34.7 Å². The van der Waals surface area contributed by atoms with Crippen LogP contribution in [0.1, 0.15) is 47.8 Å². The standard InChI is InChI=1S/C28H28N2O2/c1-4-29(5-2)21-17-15-20(16-18-21)27(23-12-7-8-13-24(23)28(31)32)25-19-30(6-3)26-14-10-9-11-22(25)26/h7-19H,4-6H2,1-3H3/p+1. The molecule has 0 atom stereocenters. The van der Waals surface area contributed by atoms with E-state index >= 15 is 0 Å². The molecular formula is C28H29N2O2+. The average Bonchev–Trinajstić information content (AvgIpc) is 3.20. The van der Waals surface area contributed by atoms with Crippen LogP contribution in [0.5, 0.6) is 0 Å². The van der Waals surface area contributed by atoms with E-state index in [1.54, 1.807) is 12.1 Å². The molecule has 0 aromatic heterocycles. The molecule has 0 radical (unpaired) electrons. The maximum atomic E-state index is 12.1. The predicted octanol–water partition coefficient (Wildman–Crippen LogP) is 5.94. The highest BCUT2D eigenvalue weighted by Gasteiger charge is 2.29. The van der Waals surface area contributed by atoms with Crippen molar-refractivity contribution in [1.82, 2.24) is 0 Å². The van der Waals surface area contributed by atoms with E-state index in [9.17, 15) is 9.90 Å². The van der Waals surface area contributed by atoms with Crippen molar-refractivity contribution in [2.45, 2.75) is 20.8 Å². The largest absolute Gasteiger partial charge is 0.478 e. The summed E-state index contributed by atoms with van der Waals surface area (Å²) in [5, 5.41) is 9.93. The molecule has 0 aliphatic carbocycles. The van der Waals surface area contributed by atoms with Crippen LogP contribution in [0.2, 0.25) is 0 Å². The number of benzene rings is 3. The van der Waals surface area contributed by atoms with Crippen LogP contribution in [-0.2, 0) is 0 Å². The third kappa shape index (κ3) is 3.84. The third-order valence-corrected chi connectivity index (χ3v) is 6.11. The van der Waals surface area contributed by atoms with Crippen molar-refractivity contribution in [3.63, 3.8) is 0 Å². The minimum Gasteiger partial charge on any atom is -0.478 e. The molecular weight excluding hydrogens is 396 g/mol. The van der Waals surface area contributed by atoms with Crippen LogP contribution < -0.4 is 4.90 Å². The maximum absolute atomic E-state index is 12.1. The zero-order valence-corrected chi connectivity index (χ0v) is 18.9. The summed E-state index contributed by atoms with van der Waals surface area (Å²) >= 11 is 0. The molecule has 0 amide bonds. The summed E-state index contributed by atoms with van der Waals surface area (Å²) in [4.78, 5) is 14.4. The highest BCUT2D eigenvalue weighted by atomic mass is 16.4. The van der Waals surface area contributed by atoms with Crippen LogP contribution in [-0.4, -0.2) is 41.5 Å². The quantitative estimate of drug-likeness (QED) is 0.477. The second kappa shape index (κ2) is 9.23. The number of rotatable bonds is 7. The fraction of sp³-hybridized carbons (Fsp3) is 0.214. The van der Waals surface area contributed by atoms with Crippen molar-refractivity contribution in [3.05, 3.63) is 95.1 Å². The fourth-order valence-corrected chi connectivity index (χ4v) is 4.48. The van der Waals surface area contributed by atoms with Gasteiger partial charge in [0.25, 0.3) is 0 Å². The van der Waals surface area contributed by atoms with Gasteiger partial charge in [-0.3, -0.25) is 0 Å². The molecule has 1 heterocycles. The Hall–Kier alpha value is -3.66. The number of carboxylic acid groups (broad SMARTS) is 1. The van der Waals surface area contributed by atoms with Crippen LogP contribution in [0, 0.1) is 0 Å². The zero-order chi connectivity index (χ0) is 22.7. The van der Waals surface area contributed by atoms with Gasteiger partial charge < -0.3 is 10.0 Å². The number of carbonyl (C=O) groups is 1. The van der Waals surface area contributed by atoms with Gasteiger partial charge >= 0.3 is 5.97 Å². The lowest BCUT2D eigenvalue weighted by Crippen LogP contribution is -2.21. The molecule has 1 aliphatic heterocycles. The molecule has 162 valence electrons. The molecule has 0 spiro atoms. The Bertz CT molecular complexity index is 1200.